The number of halogens is 1. The van der Waals surface area contributed by atoms with Crippen LogP contribution < -0.4 is 5.32 Å². The van der Waals surface area contributed by atoms with Crippen LogP contribution >= 0.6 is 15.9 Å². The van der Waals surface area contributed by atoms with Crippen molar-refractivity contribution >= 4 is 29.7 Å². The van der Waals surface area contributed by atoms with Crippen molar-refractivity contribution in [2.75, 3.05) is 32.7 Å². The van der Waals surface area contributed by atoms with E-state index in [0.29, 0.717) is 12.2 Å². The number of sulfone groups is 1. The van der Waals surface area contributed by atoms with Gasteiger partial charge in [0.1, 0.15) is 0 Å². The molecule has 7 heteroatoms. The Morgan fingerprint density at radius 1 is 1.47 bits per heavy atom. The summed E-state index contributed by atoms with van der Waals surface area (Å²) in [7, 11) is -3.26. The Bertz CT molecular complexity index is 410. The van der Waals surface area contributed by atoms with E-state index in [-0.39, 0.29) is 3.95 Å². The number of rotatable bonds is 2. The van der Waals surface area contributed by atoms with Gasteiger partial charge in [0.25, 0.3) is 0 Å². The molecule has 0 aromatic heterocycles. The summed E-state index contributed by atoms with van der Waals surface area (Å²) < 4.78 is 22.7. The van der Waals surface area contributed by atoms with Crippen molar-refractivity contribution in [3.63, 3.8) is 0 Å². The van der Waals surface area contributed by atoms with Crippen molar-refractivity contribution in [1.82, 2.24) is 10.2 Å². The number of hydrogen-bond acceptors (Lipinski definition) is 5. The molecule has 0 unspecified atom stereocenters. The fourth-order valence-corrected chi connectivity index (χ4v) is 2.94. The number of nitrogens with one attached hydrogen (secondary N) is 1. The molecule has 0 aromatic rings. The van der Waals surface area contributed by atoms with Crippen LogP contribution in [0.15, 0.2) is 16.1 Å². The molecule has 2 aliphatic rings. The lowest BCUT2D eigenvalue weighted by Crippen LogP contribution is -2.43. The predicted molar refractivity (Wildman–Crippen MR) is 62.7 cm³/mol. The van der Waals surface area contributed by atoms with Gasteiger partial charge < -0.3 is 5.32 Å². The molecule has 5 nitrogen and oxygen atoms in total. The van der Waals surface area contributed by atoms with Crippen molar-refractivity contribution in [3.8, 4) is 0 Å². The molecular formula is C8H12BrN3O2S. The lowest BCUT2D eigenvalue weighted by atomic mass is 10.3. The normalized spacial score (nSPS) is 26.2. The maximum Gasteiger partial charge on any atom is 0.225 e. The topological polar surface area (TPSA) is 61.8 Å². The zero-order chi connectivity index (χ0) is 10.9. The molecule has 15 heavy (non-hydrogen) atoms. The van der Waals surface area contributed by atoms with E-state index in [4.69, 9.17) is 0 Å². The summed E-state index contributed by atoms with van der Waals surface area (Å²) in [5.41, 5.74) is 0.615. The highest BCUT2D eigenvalue weighted by atomic mass is 79.9. The van der Waals surface area contributed by atoms with Crippen LogP contribution in [-0.4, -0.2) is 50.0 Å². The van der Waals surface area contributed by atoms with Gasteiger partial charge in [0.05, 0.1) is 11.1 Å². The number of hydrogen-bond donors (Lipinski definition) is 1. The maximum atomic E-state index is 11.3. The van der Waals surface area contributed by atoms with Crippen LogP contribution in [0.3, 0.4) is 0 Å². The Morgan fingerprint density at radius 3 is 2.67 bits per heavy atom. The van der Waals surface area contributed by atoms with E-state index in [2.05, 4.69) is 31.1 Å². The quantitative estimate of drug-likeness (QED) is 0.773. The minimum absolute atomic E-state index is 0.0279. The predicted octanol–water partition coefficient (Wildman–Crippen LogP) is -0.0877. The first-order valence-corrected chi connectivity index (χ1v) is 7.05. The van der Waals surface area contributed by atoms with Crippen LogP contribution in [0.2, 0.25) is 0 Å². The van der Waals surface area contributed by atoms with Crippen molar-refractivity contribution in [1.29, 1.82) is 0 Å². The molecule has 2 aliphatic heterocycles. The zero-order valence-electron chi connectivity index (χ0n) is 8.11. The lowest BCUT2D eigenvalue weighted by Gasteiger charge is -2.26. The molecule has 0 amide bonds. The maximum absolute atomic E-state index is 11.3. The fraction of sp³-hybridized carbons (Fsp3) is 0.625. The standard InChI is InChI=1S/C8H12BrN3O2S/c9-8-11-7(6-15(8,13)14)5-12-3-1-10-2-4-12/h6,10H,1-5H2. The Hall–Kier alpha value is -0.240. The number of piperazine rings is 1. The van der Waals surface area contributed by atoms with E-state index >= 15 is 0 Å². The molecular weight excluding hydrogens is 282 g/mol. The highest BCUT2D eigenvalue weighted by Gasteiger charge is 2.23. The SMILES string of the molecule is O=S1(=O)C=C(CN2CCNCC2)N=C1Br. The molecule has 0 aromatic carbocycles. The van der Waals surface area contributed by atoms with Crippen LogP contribution in [0, 0.1) is 0 Å². The highest BCUT2D eigenvalue weighted by molar-refractivity contribution is 9.21. The average molecular weight is 294 g/mol. The van der Waals surface area contributed by atoms with Crippen molar-refractivity contribution in [2.24, 2.45) is 4.99 Å². The van der Waals surface area contributed by atoms with Gasteiger partial charge in [-0.3, -0.25) is 4.90 Å². The zero-order valence-corrected chi connectivity index (χ0v) is 10.5. The van der Waals surface area contributed by atoms with Crippen LogP contribution in [0.4, 0.5) is 0 Å². The fourth-order valence-electron chi connectivity index (χ4n) is 1.60. The minimum atomic E-state index is -3.26. The Labute approximate surface area is 97.3 Å². The summed E-state index contributed by atoms with van der Waals surface area (Å²) in [6, 6.07) is 0. The minimum Gasteiger partial charge on any atom is -0.314 e. The van der Waals surface area contributed by atoms with Crippen LogP contribution in [0.25, 0.3) is 0 Å². The van der Waals surface area contributed by atoms with Gasteiger partial charge >= 0.3 is 0 Å². The van der Waals surface area contributed by atoms with E-state index in [0.717, 1.165) is 26.2 Å². The molecule has 0 aliphatic carbocycles. The average Bonchev–Trinajstić information content (AvgIpc) is 2.42. The summed E-state index contributed by atoms with van der Waals surface area (Å²) in [5.74, 6) is 0. The molecule has 0 saturated carbocycles. The molecule has 2 rings (SSSR count). The second kappa shape index (κ2) is 4.32. The molecule has 1 saturated heterocycles. The van der Waals surface area contributed by atoms with Gasteiger partial charge in [0.15, 0.2) is 0 Å². The van der Waals surface area contributed by atoms with Gasteiger partial charge in [0, 0.05) is 32.7 Å². The van der Waals surface area contributed by atoms with Gasteiger partial charge in [-0.15, -0.1) is 0 Å². The van der Waals surface area contributed by atoms with Gasteiger partial charge in [-0.05, 0) is 15.9 Å². The Morgan fingerprint density at radius 2 is 2.13 bits per heavy atom. The molecule has 1 fully saturated rings. The van der Waals surface area contributed by atoms with Gasteiger partial charge in [-0.2, -0.15) is 0 Å². The van der Waals surface area contributed by atoms with E-state index in [9.17, 15) is 8.42 Å². The lowest BCUT2D eigenvalue weighted by molar-refractivity contribution is 0.259. The van der Waals surface area contributed by atoms with Crippen molar-refractivity contribution in [2.45, 2.75) is 0 Å². The molecule has 0 bridgehead atoms. The third-order valence-electron chi connectivity index (χ3n) is 2.35. The van der Waals surface area contributed by atoms with E-state index in [1.54, 1.807) is 0 Å². The first-order chi connectivity index (χ1) is 7.08. The highest BCUT2D eigenvalue weighted by Crippen LogP contribution is 2.19. The third-order valence-corrected chi connectivity index (χ3v) is 5.03. The van der Waals surface area contributed by atoms with Gasteiger partial charge in [-0.1, -0.05) is 0 Å². The van der Waals surface area contributed by atoms with Gasteiger partial charge in [-0.25, -0.2) is 13.4 Å². The molecule has 0 spiro atoms. The summed E-state index contributed by atoms with van der Waals surface area (Å²) in [4.78, 5) is 6.17. The second-order valence-corrected chi connectivity index (χ2v) is 6.53. The summed E-state index contributed by atoms with van der Waals surface area (Å²) in [5, 5.41) is 4.48. The molecule has 0 atom stereocenters. The summed E-state index contributed by atoms with van der Waals surface area (Å²) in [6.45, 7) is 4.38. The Kier molecular flexibility index (Phi) is 3.24. The van der Waals surface area contributed by atoms with Crippen LogP contribution in [0.5, 0.6) is 0 Å². The molecule has 2 heterocycles. The molecule has 0 radical (unpaired) electrons. The smallest absolute Gasteiger partial charge is 0.225 e. The summed E-state index contributed by atoms with van der Waals surface area (Å²) >= 11 is 2.94. The number of aliphatic imine (C=N–C) groups is 1. The molecule has 84 valence electrons. The Balaban J connectivity index is 2.02. The third kappa shape index (κ3) is 2.66. The largest absolute Gasteiger partial charge is 0.314 e. The first kappa shape index (κ1) is 11.3. The van der Waals surface area contributed by atoms with Crippen molar-refractivity contribution < 1.29 is 8.42 Å². The van der Waals surface area contributed by atoms with E-state index in [1.165, 1.54) is 5.41 Å². The monoisotopic (exact) mass is 293 g/mol. The van der Waals surface area contributed by atoms with E-state index in [1.807, 2.05) is 0 Å². The van der Waals surface area contributed by atoms with Crippen molar-refractivity contribution in [3.05, 3.63) is 11.1 Å². The second-order valence-electron chi connectivity index (χ2n) is 3.55. The van der Waals surface area contributed by atoms with Crippen LogP contribution in [0.1, 0.15) is 0 Å². The van der Waals surface area contributed by atoms with Crippen LogP contribution in [-0.2, 0) is 9.84 Å². The molecule has 1 N–H and O–H groups in total. The first-order valence-electron chi connectivity index (χ1n) is 4.71. The summed E-state index contributed by atoms with van der Waals surface area (Å²) in [6.07, 6.45) is 0. The van der Waals surface area contributed by atoms with Gasteiger partial charge in [0.2, 0.25) is 13.8 Å². The van der Waals surface area contributed by atoms with E-state index < -0.39 is 9.84 Å². The number of nitrogens with zero attached hydrogens (tertiary/aromatic N) is 2.